The molecule has 0 bridgehead atoms. The van der Waals surface area contributed by atoms with Crippen molar-refractivity contribution in [1.82, 2.24) is 20.1 Å². The van der Waals surface area contributed by atoms with E-state index in [1.54, 1.807) is 6.26 Å². The van der Waals surface area contributed by atoms with E-state index in [1.165, 1.54) is 11.8 Å². The second-order valence-corrected chi connectivity index (χ2v) is 5.90. The van der Waals surface area contributed by atoms with Crippen molar-refractivity contribution in [2.45, 2.75) is 44.6 Å². The molecule has 1 atom stereocenters. The molecule has 0 aliphatic carbocycles. The number of thioether (sulfide) groups is 1. The number of aromatic nitrogens is 3. The average molecular weight is 308 g/mol. The lowest BCUT2D eigenvalue weighted by Crippen LogP contribution is -2.30. The van der Waals surface area contributed by atoms with Crippen molar-refractivity contribution >= 4 is 17.7 Å². The van der Waals surface area contributed by atoms with Crippen LogP contribution < -0.4 is 5.32 Å². The van der Waals surface area contributed by atoms with Gasteiger partial charge in [-0.15, -0.1) is 10.2 Å². The minimum Gasteiger partial charge on any atom is -0.469 e. The summed E-state index contributed by atoms with van der Waals surface area (Å²) in [6.07, 6.45) is 1.64. The van der Waals surface area contributed by atoms with E-state index >= 15 is 0 Å². The van der Waals surface area contributed by atoms with E-state index < -0.39 is 0 Å². The highest BCUT2D eigenvalue weighted by Gasteiger charge is 2.21. The van der Waals surface area contributed by atoms with Crippen LogP contribution in [0.1, 0.15) is 26.5 Å². The Hall–Kier alpha value is -1.76. The van der Waals surface area contributed by atoms with E-state index in [-0.39, 0.29) is 11.2 Å². The van der Waals surface area contributed by atoms with Gasteiger partial charge in [0.15, 0.2) is 11.0 Å². The second kappa shape index (κ2) is 6.80. The molecule has 0 aliphatic rings. The van der Waals surface area contributed by atoms with Gasteiger partial charge in [-0.25, -0.2) is 0 Å². The van der Waals surface area contributed by atoms with Crippen LogP contribution in [0.5, 0.6) is 0 Å². The van der Waals surface area contributed by atoms with Crippen LogP contribution >= 0.6 is 11.8 Å². The van der Waals surface area contributed by atoms with Gasteiger partial charge in [-0.1, -0.05) is 11.8 Å². The predicted octanol–water partition coefficient (Wildman–Crippen LogP) is 2.48. The predicted molar refractivity (Wildman–Crippen MR) is 82.1 cm³/mol. The lowest BCUT2D eigenvalue weighted by atomic mass is 10.2. The summed E-state index contributed by atoms with van der Waals surface area (Å²) in [6.45, 7) is 9.06. The first-order chi connectivity index (χ1) is 10.1. The van der Waals surface area contributed by atoms with Crippen LogP contribution in [0.4, 0.5) is 0 Å². The van der Waals surface area contributed by atoms with E-state index in [1.807, 2.05) is 38.3 Å². The standard InChI is InChI=1S/C14H20N4O2S/c1-5-15-13(19)10(4)21-14-17-16-12(18(14)6-2)11-7-8-20-9(11)3/h7-8,10H,5-6H2,1-4H3,(H,15,19)/t10-/m1/s1. The van der Waals surface area contributed by atoms with Gasteiger partial charge in [0.25, 0.3) is 0 Å². The molecule has 0 aromatic carbocycles. The highest BCUT2D eigenvalue weighted by atomic mass is 32.2. The minimum atomic E-state index is -0.210. The van der Waals surface area contributed by atoms with Gasteiger partial charge < -0.3 is 14.3 Å². The van der Waals surface area contributed by atoms with Crippen molar-refractivity contribution in [3.05, 3.63) is 18.1 Å². The van der Waals surface area contributed by atoms with Crippen molar-refractivity contribution in [1.29, 1.82) is 0 Å². The molecule has 1 amide bonds. The molecule has 0 fully saturated rings. The number of carbonyl (C=O) groups excluding carboxylic acids is 1. The zero-order chi connectivity index (χ0) is 15.4. The van der Waals surface area contributed by atoms with Gasteiger partial charge in [0.05, 0.1) is 17.1 Å². The maximum atomic E-state index is 11.8. The number of aryl methyl sites for hydroxylation is 1. The number of nitrogens with zero attached hydrogens (tertiary/aromatic N) is 3. The first-order valence-electron chi connectivity index (χ1n) is 7.00. The number of hydrogen-bond acceptors (Lipinski definition) is 5. The van der Waals surface area contributed by atoms with Gasteiger partial charge in [0.1, 0.15) is 5.76 Å². The molecule has 2 aromatic heterocycles. The molecule has 2 aromatic rings. The van der Waals surface area contributed by atoms with E-state index in [0.29, 0.717) is 6.54 Å². The van der Waals surface area contributed by atoms with Crippen molar-refractivity contribution in [2.24, 2.45) is 0 Å². The summed E-state index contributed by atoms with van der Waals surface area (Å²) >= 11 is 1.41. The van der Waals surface area contributed by atoms with Gasteiger partial charge in [-0.05, 0) is 33.8 Å². The molecule has 0 radical (unpaired) electrons. The van der Waals surface area contributed by atoms with Crippen LogP contribution in [0.2, 0.25) is 0 Å². The third-order valence-corrected chi connectivity index (χ3v) is 4.22. The Morgan fingerprint density at radius 2 is 2.24 bits per heavy atom. The Kier molecular flexibility index (Phi) is 5.06. The van der Waals surface area contributed by atoms with Crippen molar-refractivity contribution in [3.63, 3.8) is 0 Å². The Morgan fingerprint density at radius 1 is 1.48 bits per heavy atom. The monoisotopic (exact) mass is 308 g/mol. The van der Waals surface area contributed by atoms with Crippen LogP contribution in [0.15, 0.2) is 21.9 Å². The first-order valence-corrected chi connectivity index (χ1v) is 7.88. The molecule has 0 saturated heterocycles. The van der Waals surface area contributed by atoms with Crippen molar-refractivity contribution in [2.75, 3.05) is 6.54 Å². The molecule has 114 valence electrons. The molecular weight excluding hydrogens is 288 g/mol. The van der Waals surface area contributed by atoms with Gasteiger partial charge in [-0.3, -0.25) is 4.79 Å². The molecule has 0 aliphatic heterocycles. The van der Waals surface area contributed by atoms with E-state index in [9.17, 15) is 4.79 Å². The van der Waals surface area contributed by atoms with Crippen LogP contribution in [-0.2, 0) is 11.3 Å². The Balaban J connectivity index is 2.24. The first kappa shape index (κ1) is 15.6. The van der Waals surface area contributed by atoms with Gasteiger partial charge in [0, 0.05) is 13.1 Å². The van der Waals surface area contributed by atoms with Crippen molar-refractivity contribution < 1.29 is 9.21 Å². The summed E-state index contributed by atoms with van der Waals surface area (Å²) in [5.74, 6) is 1.59. The number of carbonyl (C=O) groups is 1. The maximum Gasteiger partial charge on any atom is 0.233 e. The van der Waals surface area contributed by atoms with Crippen LogP contribution in [0, 0.1) is 6.92 Å². The quantitative estimate of drug-likeness (QED) is 0.830. The molecule has 0 unspecified atom stereocenters. The SMILES string of the molecule is CCNC(=O)[C@@H](C)Sc1nnc(-c2ccoc2C)n1CC. The molecule has 2 rings (SSSR count). The fraction of sp³-hybridized carbons (Fsp3) is 0.500. The zero-order valence-corrected chi connectivity index (χ0v) is 13.5. The summed E-state index contributed by atoms with van der Waals surface area (Å²) < 4.78 is 7.33. The van der Waals surface area contributed by atoms with Crippen LogP contribution in [0.25, 0.3) is 11.4 Å². The summed E-state index contributed by atoms with van der Waals surface area (Å²) in [5.41, 5.74) is 0.932. The number of rotatable bonds is 6. The van der Waals surface area contributed by atoms with Gasteiger partial charge in [0.2, 0.25) is 5.91 Å². The molecule has 6 nitrogen and oxygen atoms in total. The molecule has 2 heterocycles. The fourth-order valence-electron chi connectivity index (χ4n) is 2.01. The third-order valence-electron chi connectivity index (χ3n) is 3.14. The zero-order valence-electron chi connectivity index (χ0n) is 12.7. The Labute approximate surface area is 128 Å². The average Bonchev–Trinajstić information content (AvgIpc) is 3.04. The maximum absolute atomic E-state index is 11.8. The molecular formula is C14H20N4O2S. The van der Waals surface area contributed by atoms with E-state index in [0.717, 1.165) is 28.8 Å². The molecule has 21 heavy (non-hydrogen) atoms. The topological polar surface area (TPSA) is 73.0 Å². The summed E-state index contributed by atoms with van der Waals surface area (Å²) in [5, 5.41) is 11.8. The lowest BCUT2D eigenvalue weighted by Gasteiger charge is -2.11. The van der Waals surface area contributed by atoms with Gasteiger partial charge in [-0.2, -0.15) is 0 Å². The molecule has 1 N–H and O–H groups in total. The van der Waals surface area contributed by atoms with Gasteiger partial charge >= 0.3 is 0 Å². The van der Waals surface area contributed by atoms with E-state index in [4.69, 9.17) is 4.42 Å². The molecule has 7 heteroatoms. The van der Waals surface area contributed by atoms with Crippen LogP contribution in [0.3, 0.4) is 0 Å². The molecule has 0 saturated carbocycles. The summed E-state index contributed by atoms with van der Waals surface area (Å²) in [6, 6.07) is 1.88. The van der Waals surface area contributed by atoms with Crippen molar-refractivity contribution in [3.8, 4) is 11.4 Å². The largest absolute Gasteiger partial charge is 0.469 e. The Bertz CT molecular complexity index is 620. The number of amides is 1. The highest BCUT2D eigenvalue weighted by Crippen LogP contribution is 2.28. The lowest BCUT2D eigenvalue weighted by molar-refractivity contribution is -0.120. The van der Waals surface area contributed by atoms with E-state index in [2.05, 4.69) is 15.5 Å². The van der Waals surface area contributed by atoms with Crippen LogP contribution in [-0.4, -0.2) is 32.5 Å². The highest BCUT2D eigenvalue weighted by molar-refractivity contribution is 8.00. The number of nitrogens with one attached hydrogen (secondary N) is 1. The summed E-state index contributed by atoms with van der Waals surface area (Å²) in [4.78, 5) is 11.8. The smallest absolute Gasteiger partial charge is 0.233 e. The fourth-order valence-corrected chi connectivity index (χ4v) is 2.94. The molecule has 0 spiro atoms. The third kappa shape index (κ3) is 3.29. The Morgan fingerprint density at radius 3 is 2.81 bits per heavy atom. The normalized spacial score (nSPS) is 12.4. The summed E-state index contributed by atoms with van der Waals surface area (Å²) in [7, 11) is 0. The number of furan rings is 1. The second-order valence-electron chi connectivity index (χ2n) is 4.60. The minimum absolute atomic E-state index is 0.00851. The number of hydrogen-bond donors (Lipinski definition) is 1.